The van der Waals surface area contributed by atoms with Crippen LogP contribution in [0.2, 0.25) is 0 Å². The first kappa shape index (κ1) is 14.3. The van der Waals surface area contributed by atoms with Gasteiger partial charge in [-0.3, -0.25) is 0 Å². The molecule has 106 valence electrons. The molecule has 1 N–H and O–H groups in total. The average Bonchev–Trinajstić information content (AvgIpc) is 2.94. The summed E-state index contributed by atoms with van der Waals surface area (Å²) >= 11 is 1.29. The number of carboxylic acid groups (broad SMARTS) is 1. The van der Waals surface area contributed by atoms with E-state index >= 15 is 0 Å². The summed E-state index contributed by atoms with van der Waals surface area (Å²) in [7, 11) is 1.71. The lowest BCUT2D eigenvalue weighted by atomic mass is 10.1. The fourth-order valence-electron chi connectivity index (χ4n) is 2.38. The largest absolute Gasteiger partial charge is 0.477 e. The van der Waals surface area contributed by atoms with Crippen LogP contribution in [0.1, 0.15) is 41.6 Å². The third-order valence-electron chi connectivity index (χ3n) is 3.34. The summed E-state index contributed by atoms with van der Waals surface area (Å²) in [6.45, 7) is 6.53. The first-order valence-corrected chi connectivity index (χ1v) is 7.32. The fourth-order valence-corrected chi connectivity index (χ4v) is 3.47. The van der Waals surface area contributed by atoms with Gasteiger partial charge in [-0.15, -0.1) is 0 Å². The van der Waals surface area contributed by atoms with E-state index in [0.29, 0.717) is 16.5 Å². The number of anilines is 1. The predicted molar refractivity (Wildman–Crippen MR) is 75.4 cm³/mol. The molecule has 2 heterocycles. The van der Waals surface area contributed by atoms with Gasteiger partial charge >= 0.3 is 5.97 Å². The van der Waals surface area contributed by atoms with Gasteiger partial charge in [0.05, 0.1) is 12.3 Å². The predicted octanol–water partition coefficient (Wildman–Crippen LogP) is 2.44. The molecule has 0 aliphatic carbocycles. The summed E-state index contributed by atoms with van der Waals surface area (Å²) in [5, 5.41) is 10.1. The summed E-state index contributed by atoms with van der Waals surface area (Å²) in [5.41, 5.74) is 0.697. The first-order valence-electron chi connectivity index (χ1n) is 6.50. The lowest BCUT2D eigenvalue weighted by molar-refractivity contribution is 0.0700. The molecule has 0 amide bonds. The molecule has 1 saturated heterocycles. The Balaban J connectivity index is 2.18. The highest BCUT2D eigenvalue weighted by Gasteiger charge is 2.27. The SMILES string of the molecule is COCC1CCN(c2nc(C(C)C)c(C(=O)O)s2)C1. The third kappa shape index (κ3) is 3.06. The van der Waals surface area contributed by atoms with E-state index in [2.05, 4.69) is 9.88 Å². The molecule has 0 bridgehead atoms. The van der Waals surface area contributed by atoms with Gasteiger partial charge in [-0.05, 0) is 12.3 Å². The van der Waals surface area contributed by atoms with Crippen molar-refractivity contribution >= 4 is 22.4 Å². The summed E-state index contributed by atoms with van der Waals surface area (Å²) in [6, 6.07) is 0. The monoisotopic (exact) mass is 284 g/mol. The summed E-state index contributed by atoms with van der Waals surface area (Å²) in [6.07, 6.45) is 1.08. The zero-order valence-electron chi connectivity index (χ0n) is 11.5. The third-order valence-corrected chi connectivity index (χ3v) is 4.46. The minimum Gasteiger partial charge on any atom is -0.477 e. The number of aromatic carboxylic acids is 1. The fraction of sp³-hybridized carbons (Fsp3) is 0.692. The number of rotatable bonds is 5. The van der Waals surface area contributed by atoms with Crippen molar-refractivity contribution in [1.82, 2.24) is 4.98 Å². The zero-order valence-corrected chi connectivity index (χ0v) is 12.4. The van der Waals surface area contributed by atoms with Crippen molar-refractivity contribution in [2.75, 3.05) is 31.7 Å². The van der Waals surface area contributed by atoms with Crippen LogP contribution in [0.5, 0.6) is 0 Å². The van der Waals surface area contributed by atoms with Gasteiger partial charge in [0, 0.05) is 26.1 Å². The molecule has 0 spiro atoms. The second-order valence-corrected chi connectivity index (χ2v) is 6.20. The van der Waals surface area contributed by atoms with Crippen molar-refractivity contribution in [1.29, 1.82) is 0 Å². The van der Waals surface area contributed by atoms with Crippen LogP contribution < -0.4 is 4.90 Å². The van der Waals surface area contributed by atoms with E-state index in [1.54, 1.807) is 7.11 Å². The number of nitrogens with zero attached hydrogens (tertiary/aromatic N) is 2. The van der Waals surface area contributed by atoms with Crippen LogP contribution in [0.15, 0.2) is 0 Å². The summed E-state index contributed by atoms with van der Waals surface area (Å²) < 4.78 is 5.18. The van der Waals surface area contributed by atoms with Gasteiger partial charge in [0.1, 0.15) is 4.88 Å². The van der Waals surface area contributed by atoms with Crippen LogP contribution in [0.4, 0.5) is 5.13 Å². The quantitative estimate of drug-likeness (QED) is 0.899. The smallest absolute Gasteiger partial charge is 0.347 e. The van der Waals surface area contributed by atoms with E-state index in [1.165, 1.54) is 11.3 Å². The van der Waals surface area contributed by atoms with E-state index in [9.17, 15) is 9.90 Å². The number of aromatic nitrogens is 1. The second-order valence-electron chi connectivity index (χ2n) is 5.23. The number of ether oxygens (including phenoxy) is 1. The van der Waals surface area contributed by atoms with Gasteiger partial charge in [-0.1, -0.05) is 25.2 Å². The molecule has 0 aromatic carbocycles. The summed E-state index contributed by atoms with van der Waals surface area (Å²) in [5.74, 6) is -0.224. The standard InChI is InChI=1S/C13H20N2O3S/c1-8(2)10-11(12(16)17)19-13(14-10)15-5-4-9(6-15)7-18-3/h8-9H,4-7H2,1-3H3,(H,16,17). The van der Waals surface area contributed by atoms with E-state index in [-0.39, 0.29) is 5.92 Å². The molecule has 19 heavy (non-hydrogen) atoms. The van der Waals surface area contributed by atoms with E-state index in [4.69, 9.17) is 4.74 Å². The molecule has 1 aromatic rings. The number of carbonyl (C=O) groups is 1. The second kappa shape index (κ2) is 5.88. The molecule has 1 unspecified atom stereocenters. The molecule has 1 aromatic heterocycles. The average molecular weight is 284 g/mol. The molecular formula is C13H20N2O3S. The van der Waals surface area contributed by atoms with Crippen molar-refractivity contribution in [3.63, 3.8) is 0 Å². The number of carboxylic acids is 1. The Hall–Kier alpha value is -1.14. The maximum atomic E-state index is 11.3. The molecule has 6 heteroatoms. The van der Waals surface area contributed by atoms with E-state index in [1.807, 2.05) is 13.8 Å². The van der Waals surface area contributed by atoms with Crippen LogP contribution in [0, 0.1) is 5.92 Å². The maximum absolute atomic E-state index is 11.3. The molecule has 5 nitrogen and oxygen atoms in total. The van der Waals surface area contributed by atoms with Crippen LogP contribution in [-0.4, -0.2) is 42.9 Å². The Kier molecular flexibility index (Phi) is 4.42. The number of methoxy groups -OCH3 is 1. The van der Waals surface area contributed by atoms with Gasteiger partial charge in [-0.25, -0.2) is 9.78 Å². The highest BCUT2D eigenvalue weighted by molar-refractivity contribution is 7.17. The van der Waals surface area contributed by atoms with Crippen LogP contribution in [-0.2, 0) is 4.74 Å². The molecule has 2 rings (SSSR count). The molecule has 1 aliphatic heterocycles. The molecular weight excluding hydrogens is 264 g/mol. The van der Waals surface area contributed by atoms with Gasteiger partial charge < -0.3 is 14.7 Å². The van der Waals surface area contributed by atoms with E-state index in [0.717, 1.165) is 31.2 Å². The Morgan fingerprint density at radius 3 is 2.89 bits per heavy atom. The van der Waals surface area contributed by atoms with Crippen molar-refractivity contribution in [2.45, 2.75) is 26.2 Å². The molecule has 1 fully saturated rings. The normalized spacial score (nSPS) is 19.4. The van der Waals surface area contributed by atoms with Gasteiger partial charge in [0.2, 0.25) is 0 Å². The van der Waals surface area contributed by atoms with E-state index < -0.39 is 5.97 Å². The lowest BCUT2D eigenvalue weighted by Crippen LogP contribution is -2.20. The lowest BCUT2D eigenvalue weighted by Gasteiger charge is -2.14. The van der Waals surface area contributed by atoms with Crippen LogP contribution >= 0.6 is 11.3 Å². The van der Waals surface area contributed by atoms with Gasteiger partial charge in [0.25, 0.3) is 0 Å². The zero-order chi connectivity index (χ0) is 14.0. The van der Waals surface area contributed by atoms with Crippen molar-refractivity contribution in [3.8, 4) is 0 Å². The Bertz CT molecular complexity index is 459. The molecule has 0 radical (unpaired) electrons. The van der Waals surface area contributed by atoms with Gasteiger partial charge in [0.15, 0.2) is 5.13 Å². The molecule has 0 saturated carbocycles. The van der Waals surface area contributed by atoms with Crippen LogP contribution in [0.3, 0.4) is 0 Å². The summed E-state index contributed by atoms with van der Waals surface area (Å²) in [4.78, 5) is 18.3. The Labute approximate surface area is 117 Å². The Morgan fingerprint density at radius 1 is 1.63 bits per heavy atom. The number of hydrogen-bond acceptors (Lipinski definition) is 5. The minimum atomic E-state index is -0.875. The highest BCUT2D eigenvalue weighted by atomic mass is 32.1. The first-order chi connectivity index (χ1) is 9.02. The van der Waals surface area contributed by atoms with Gasteiger partial charge in [-0.2, -0.15) is 0 Å². The highest BCUT2D eigenvalue weighted by Crippen LogP contribution is 2.33. The topological polar surface area (TPSA) is 62.7 Å². The van der Waals surface area contributed by atoms with Crippen molar-refractivity contribution in [2.24, 2.45) is 5.92 Å². The number of hydrogen-bond donors (Lipinski definition) is 1. The minimum absolute atomic E-state index is 0.133. The van der Waals surface area contributed by atoms with Crippen molar-refractivity contribution < 1.29 is 14.6 Å². The van der Waals surface area contributed by atoms with Crippen molar-refractivity contribution in [3.05, 3.63) is 10.6 Å². The maximum Gasteiger partial charge on any atom is 0.347 e. The van der Waals surface area contributed by atoms with Crippen LogP contribution in [0.25, 0.3) is 0 Å². The number of thiazole rings is 1. The Morgan fingerprint density at radius 2 is 2.37 bits per heavy atom. The molecule has 1 atom stereocenters. The molecule has 1 aliphatic rings.